The zero-order valence-electron chi connectivity index (χ0n) is 14.2. The smallest absolute Gasteiger partial charge is 0.403 e. The van der Waals surface area contributed by atoms with Crippen LogP contribution in [0.25, 0.3) is 0 Å². The highest BCUT2D eigenvalue weighted by atomic mass is 32.1. The van der Waals surface area contributed by atoms with E-state index in [1.165, 1.54) is 37.6 Å². The number of hydrogen-bond donors (Lipinski definition) is 1. The van der Waals surface area contributed by atoms with Gasteiger partial charge in [-0.05, 0) is 50.9 Å². The zero-order valence-corrected chi connectivity index (χ0v) is 15.0. The third-order valence-electron chi connectivity index (χ3n) is 5.14. The fraction of sp³-hybridized carbons (Fsp3) is 0.529. The number of amides is 1. The number of aromatic nitrogens is 1. The van der Waals surface area contributed by atoms with Crippen molar-refractivity contribution in [2.24, 2.45) is 5.92 Å². The molecule has 0 saturated carbocycles. The topological polar surface area (TPSA) is 76.8 Å². The number of fused-ring (bicyclic) bond motifs is 3. The first kappa shape index (κ1) is 16.4. The van der Waals surface area contributed by atoms with Crippen LogP contribution in [0.2, 0.25) is 0 Å². The van der Waals surface area contributed by atoms with E-state index in [0.717, 1.165) is 13.1 Å². The minimum absolute atomic E-state index is 0.0459. The molecule has 5 heterocycles. The largest absolute Gasteiger partial charge is 0.479 e. The van der Waals surface area contributed by atoms with E-state index in [2.05, 4.69) is 22.1 Å². The average molecular weight is 363 g/mol. The molecule has 2 aromatic rings. The summed E-state index contributed by atoms with van der Waals surface area (Å²) in [5.41, 5.74) is 0. The number of oxazole rings is 1. The molecule has 0 radical (unpaired) electrons. The van der Waals surface area contributed by atoms with Gasteiger partial charge in [-0.2, -0.15) is 0 Å². The van der Waals surface area contributed by atoms with Crippen molar-refractivity contribution < 1.29 is 18.7 Å². The van der Waals surface area contributed by atoms with Gasteiger partial charge in [0.1, 0.15) is 0 Å². The maximum atomic E-state index is 12.6. The fourth-order valence-electron chi connectivity index (χ4n) is 3.73. The molecule has 5 rings (SSSR count). The lowest BCUT2D eigenvalue weighted by molar-refractivity contribution is 0.0218. The molecule has 1 amide bonds. The lowest BCUT2D eigenvalue weighted by Gasteiger charge is -2.49. The second-order valence-corrected chi connectivity index (χ2v) is 7.54. The van der Waals surface area contributed by atoms with Crippen molar-refractivity contribution in [3.8, 4) is 17.0 Å². The monoisotopic (exact) mass is 363 g/mol. The van der Waals surface area contributed by atoms with Crippen molar-refractivity contribution in [2.45, 2.75) is 31.8 Å². The van der Waals surface area contributed by atoms with E-state index in [1.54, 1.807) is 12.1 Å². The van der Waals surface area contributed by atoms with Crippen LogP contribution in [0, 0.1) is 5.92 Å². The summed E-state index contributed by atoms with van der Waals surface area (Å²) in [5, 5.41) is 3.77. The Morgan fingerprint density at radius 3 is 2.88 bits per heavy atom. The Morgan fingerprint density at radius 2 is 2.20 bits per heavy atom. The van der Waals surface area contributed by atoms with Gasteiger partial charge in [0.15, 0.2) is 11.3 Å². The Morgan fingerprint density at radius 1 is 1.40 bits per heavy atom. The van der Waals surface area contributed by atoms with Gasteiger partial charge in [0.05, 0.1) is 12.0 Å². The molecule has 3 aliphatic heterocycles. The number of methoxy groups -OCH3 is 1. The van der Waals surface area contributed by atoms with Gasteiger partial charge in [-0.25, -0.2) is 0 Å². The second kappa shape index (κ2) is 6.68. The molecule has 134 valence electrons. The molecule has 3 saturated heterocycles. The fourth-order valence-corrected chi connectivity index (χ4v) is 4.49. The summed E-state index contributed by atoms with van der Waals surface area (Å²) in [6, 6.07) is 4.13. The van der Waals surface area contributed by atoms with Crippen LogP contribution in [0.15, 0.2) is 22.8 Å². The van der Waals surface area contributed by atoms with Gasteiger partial charge in [0, 0.05) is 12.1 Å². The summed E-state index contributed by atoms with van der Waals surface area (Å²) in [6.45, 7) is 4.50. The number of carbonyl (C=O) groups excluding carboxylic acids is 1. The van der Waals surface area contributed by atoms with Gasteiger partial charge >= 0.3 is 6.08 Å². The van der Waals surface area contributed by atoms with E-state index in [4.69, 9.17) is 13.9 Å². The van der Waals surface area contributed by atoms with Crippen LogP contribution in [0.4, 0.5) is 0 Å². The van der Waals surface area contributed by atoms with Gasteiger partial charge in [0.25, 0.3) is 11.8 Å². The van der Waals surface area contributed by atoms with Crippen molar-refractivity contribution >= 4 is 17.2 Å². The summed E-state index contributed by atoms with van der Waals surface area (Å²) >= 11 is 1.27. The highest BCUT2D eigenvalue weighted by molar-refractivity contribution is 7.15. The molecule has 0 aliphatic carbocycles. The van der Waals surface area contributed by atoms with Crippen LogP contribution in [0.5, 0.6) is 17.0 Å². The van der Waals surface area contributed by atoms with E-state index >= 15 is 0 Å². The Balaban J connectivity index is 1.40. The molecule has 2 aromatic heterocycles. The normalized spacial score (nSPS) is 27.9. The van der Waals surface area contributed by atoms with Crippen molar-refractivity contribution in [3.63, 3.8) is 0 Å². The number of rotatable bonds is 5. The van der Waals surface area contributed by atoms with Crippen LogP contribution in [-0.2, 0) is 0 Å². The Kier molecular flexibility index (Phi) is 4.39. The van der Waals surface area contributed by atoms with Gasteiger partial charge in [-0.1, -0.05) is 11.3 Å². The van der Waals surface area contributed by atoms with Gasteiger partial charge in [0.2, 0.25) is 0 Å². The predicted molar refractivity (Wildman–Crippen MR) is 92.5 cm³/mol. The molecule has 0 spiro atoms. The Labute approximate surface area is 149 Å². The SMILES string of the molecule is COc1coc(Oc2ccc(C(=O)N[C@@H]3C4CCN(CC4)[C@H]3C)s2)n1. The molecule has 2 atom stereocenters. The number of piperidine rings is 3. The third kappa shape index (κ3) is 3.23. The molecule has 1 N–H and O–H groups in total. The molecule has 8 heteroatoms. The van der Waals surface area contributed by atoms with Crippen molar-refractivity contribution in [2.75, 3.05) is 20.2 Å². The number of carbonyl (C=O) groups is 1. The summed E-state index contributed by atoms with van der Waals surface area (Å²) in [7, 11) is 1.50. The molecule has 3 fully saturated rings. The minimum Gasteiger partial charge on any atom is -0.479 e. The summed E-state index contributed by atoms with van der Waals surface area (Å²) in [4.78, 5) is 19.7. The van der Waals surface area contributed by atoms with Crippen molar-refractivity contribution in [1.82, 2.24) is 15.2 Å². The number of nitrogens with zero attached hydrogens (tertiary/aromatic N) is 2. The Bertz CT molecular complexity index is 749. The standard InChI is InChI=1S/C17H21N3O4S/c1-10-15(11-5-7-20(10)8-6-11)19-16(21)12-3-4-14(25-12)24-17-18-13(22-2)9-23-17/h3-4,9-11,15H,5-8H2,1-2H3,(H,19,21)/t10-,15-/m0/s1. The molecular formula is C17H21N3O4S. The summed E-state index contributed by atoms with van der Waals surface area (Å²) in [6.07, 6.45) is 3.79. The summed E-state index contributed by atoms with van der Waals surface area (Å²) < 4.78 is 15.6. The maximum absolute atomic E-state index is 12.6. The van der Waals surface area contributed by atoms with Crippen molar-refractivity contribution in [3.05, 3.63) is 23.3 Å². The van der Waals surface area contributed by atoms with Gasteiger partial charge in [-0.15, -0.1) is 4.98 Å². The molecule has 0 aromatic carbocycles. The minimum atomic E-state index is -0.0459. The van der Waals surface area contributed by atoms with E-state index < -0.39 is 0 Å². The second-order valence-electron chi connectivity index (χ2n) is 6.49. The van der Waals surface area contributed by atoms with Crippen molar-refractivity contribution in [1.29, 1.82) is 0 Å². The van der Waals surface area contributed by atoms with E-state index in [1.807, 2.05) is 0 Å². The van der Waals surface area contributed by atoms with Crippen LogP contribution in [0.3, 0.4) is 0 Å². The lowest BCUT2D eigenvalue weighted by atomic mass is 9.79. The molecule has 0 unspecified atom stereocenters. The average Bonchev–Trinajstić information content (AvgIpc) is 3.28. The number of ether oxygens (including phenoxy) is 2. The first-order chi connectivity index (χ1) is 12.1. The molecule has 7 nitrogen and oxygen atoms in total. The molecular weight excluding hydrogens is 342 g/mol. The zero-order chi connectivity index (χ0) is 17.4. The van der Waals surface area contributed by atoms with E-state index in [0.29, 0.717) is 27.8 Å². The first-order valence-electron chi connectivity index (χ1n) is 8.46. The highest BCUT2D eigenvalue weighted by Gasteiger charge is 2.40. The first-order valence-corrected chi connectivity index (χ1v) is 9.28. The number of nitrogens with one attached hydrogen (secondary N) is 1. The quantitative estimate of drug-likeness (QED) is 0.880. The molecule has 25 heavy (non-hydrogen) atoms. The van der Waals surface area contributed by atoms with Crippen LogP contribution in [0.1, 0.15) is 29.4 Å². The highest BCUT2D eigenvalue weighted by Crippen LogP contribution is 2.33. The van der Waals surface area contributed by atoms with E-state index in [-0.39, 0.29) is 18.0 Å². The van der Waals surface area contributed by atoms with Gasteiger partial charge < -0.3 is 19.2 Å². The number of hydrogen-bond acceptors (Lipinski definition) is 7. The van der Waals surface area contributed by atoms with Crippen LogP contribution >= 0.6 is 11.3 Å². The predicted octanol–water partition coefficient (Wildman–Crippen LogP) is 2.75. The Hall–Kier alpha value is -2.06. The molecule has 2 bridgehead atoms. The van der Waals surface area contributed by atoms with E-state index in [9.17, 15) is 4.79 Å². The van der Waals surface area contributed by atoms with Crippen LogP contribution in [-0.4, -0.2) is 48.1 Å². The maximum Gasteiger partial charge on any atom is 0.403 e. The third-order valence-corrected chi connectivity index (χ3v) is 6.10. The number of thiophene rings is 1. The molecule has 3 aliphatic rings. The summed E-state index contributed by atoms with van der Waals surface area (Å²) in [5.74, 6) is 0.885. The lowest BCUT2D eigenvalue weighted by Crippen LogP contribution is -2.62. The van der Waals surface area contributed by atoms with Crippen LogP contribution < -0.4 is 14.8 Å². The van der Waals surface area contributed by atoms with Gasteiger partial charge in [-0.3, -0.25) is 9.69 Å².